The van der Waals surface area contributed by atoms with Gasteiger partial charge in [0.2, 0.25) is 0 Å². The van der Waals surface area contributed by atoms with Gasteiger partial charge in [0.15, 0.2) is 0 Å². The zero-order valence-electron chi connectivity index (χ0n) is 7.49. The number of unbranched alkanes of at least 4 members (excludes halogenated alkanes) is 2. The van der Waals surface area contributed by atoms with Crippen molar-refractivity contribution in [2.45, 2.75) is 32.6 Å². The number of carbonyl (C=O) groups is 1. The molecule has 0 saturated heterocycles. The van der Waals surface area contributed by atoms with Crippen molar-refractivity contribution in [3.05, 3.63) is 24.3 Å². The largest absolute Gasteiger partial charge is 0.481 e. The molecule has 0 rings (SSSR count). The van der Waals surface area contributed by atoms with Crippen molar-refractivity contribution >= 4 is 5.97 Å². The van der Waals surface area contributed by atoms with E-state index in [0.717, 1.165) is 6.42 Å². The standard InChI is InChI=1S/C10H16O2/c1-2-3-4-5-6-7-8-9-10(11)12/h5-8H,2-4,9H2,1H3,(H,11,12)/b6-5+,8-7-. The maximum Gasteiger partial charge on any atom is 0.307 e. The van der Waals surface area contributed by atoms with E-state index >= 15 is 0 Å². The molecule has 0 amide bonds. The molecule has 0 spiro atoms. The van der Waals surface area contributed by atoms with Crippen LogP contribution in [0, 0.1) is 0 Å². The van der Waals surface area contributed by atoms with Crippen LogP contribution >= 0.6 is 0 Å². The first kappa shape index (κ1) is 11.0. The lowest BCUT2D eigenvalue weighted by atomic mass is 10.2. The van der Waals surface area contributed by atoms with Crippen molar-refractivity contribution in [1.82, 2.24) is 0 Å². The SMILES string of the molecule is CCCC/C=C/C=C\CC(=O)O. The summed E-state index contributed by atoms with van der Waals surface area (Å²) in [7, 11) is 0. The van der Waals surface area contributed by atoms with Gasteiger partial charge in [0.1, 0.15) is 0 Å². The van der Waals surface area contributed by atoms with E-state index in [9.17, 15) is 4.79 Å². The Balaban J connectivity index is 3.33. The number of allylic oxidation sites excluding steroid dienone is 3. The van der Waals surface area contributed by atoms with Gasteiger partial charge in [0.05, 0.1) is 6.42 Å². The van der Waals surface area contributed by atoms with Crippen molar-refractivity contribution in [3.63, 3.8) is 0 Å². The molecule has 2 heteroatoms. The minimum absolute atomic E-state index is 0.109. The van der Waals surface area contributed by atoms with E-state index in [2.05, 4.69) is 13.0 Å². The second-order valence-corrected chi connectivity index (χ2v) is 2.60. The molecule has 0 aliphatic heterocycles. The average Bonchev–Trinajstić information content (AvgIpc) is 2.02. The molecule has 2 nitrogen and oxygen atoms in total. The molecule has 0 aromatic carbocycles. The highest BCUT2D eigenvalue weighted by atomic mass is 16.4. The van der Waals surface area contributed by atoms with Crippen molar-refractivity contribution < 1.29 is 9.90 Å². The van der Waals surface area contributed by atoms with E-state index in [0.29, 0.717) is 0 Å². The number of rotatable bonds is 6. The normalized spacial score (nSPS) is 11.4. The summed E-state index contributed by atoms with van der Waals surface area (Å²) in [5.74, 6) is -0.784. The Bertz CT molecular complexity index is 169. The summed E-state index contributed by atoms with van der Waals surface area (Å²) < 4.78 is 0. The fraction of sp³-hybridized carbons (Fsp3) is 0.500. The van der Waals surface area contributed by atoms with Crippen LogP contribution in [0.3, 0.4) is 0 Å². The molecule has 68 valence electrons. The fourth-order valence-electron chi connectivity index (χ4n) is 0.744. The summed E-state index contributed by atoms with van der Waals surface area (Å²) in [4.78, 5) is 10.1. The molecule has 0 fully saturated rings. The average molecular weight is 168 g/mol. The van der Waals surface area contributed by atoms with Crippen LogP contribution in [-0.2, 0) is 4.79 Å². The smallest absolute Gasteiger partial charge is 0.307 e. The molecule has 0 bridgehead atoms. The third-order valence-electron chi connectivity index (χ3n) is 1.40. The molecule has 0 unspecified atom stereocenters. The van der Waals surface area contributed by atoms with Gasteiger partial charge in [-0.3, -0.25) is 4.79 Å². The van der Waals surface area contributed by atoms with Gasteiger partial charge in [-0.05, 0) is 6.42 Å². The van der Waals surface area contributed by atoms with Gasteiger partial charge in [-0.15, -0.1) is 0 Å². The Hall–Kier alpha value is -1.05. The zero-order chi connectivity index (χ0) is 9.23. The van der Waals surface area contributed by atoms with Crippen molar-refractivity contribution in [2.75, 3.05) is 0 Å². The van der Waals surface area contributed by atoms with Crippen LogP contribution in [0.15, 0.2) is 24.3 Å². The van der Waals surface area contributed by atoms with E-state index < -0.39 is 5.97 Å². The Morgan fingerprint density at radius 1 is 1.33 bits per heavy atom. The van der Waals surface area contributed by atoms with Crippen molar-refractivity contribution in [2.24, 2.45) is 0 Å². The van der Waals surface area contributed by atoms with Crippen LogP contribution in [0.25, 0.3) is 0 Å². The van der Waals surface area contributed by atoms with Crippen LogP contribution in [-0.4, -0.2) is 11.1 Å². The van der Waals surface area contributed by atoms with Crippen LogP contribution in [0.5, 0.6) is 0 Å². The summed E-state index contributed by atoms with van der Waals surface area (Å²) in [5.41, 5.74) is 0. The maximum absolute atomic E-state index is 10.1. The van der Waals surface area contributed by atoms with E-state index in [1.165, 1.54) is 12.8 Å². The number of carboxylic acids is 1. The highest BCUT2D eigenvalue weighted by Gasteiger charge is 1.86. The third kappa shape index (κ3) is 8.95. The van der Waals surface area contributed by atoms with Gasteiger partial charge >= 0.3 is 5.97 Å². The predicted molar refractivity (Wildman–Crippen MR) is 50.1 cm³/mol. The first-order chi connectivity index (χ1) is 5.77. The number of hydrogen-bond acceptors (Lipinski definition) is 1. The molecule has 12 heavy (non-hydrogen) atoms. The van der Waals surface area contributed by atoms with Gasteiger partial charge < -0.3 is 5.11 Å². The molecule has 0 aliphatic rings. The molecule has 1 N–H and O–H groups in total. The number of hydrogen-bond donors (Lipinski definition) is 1. The Kier molecular flexibility index (Phi) is 7.35. The zero-order valence-corrected chi connectivity index (χ0v) is 7.49. The van der Waals surface area contributed by atoms with Crippen molar-refractivity contribution in [1.29, 1.82) is 0 Å². The van der Waals surface area contributed by atoms with Crippen LogP contribution in [0.1, 0.15) is 32.6 Å². The summed E-state index contributed by atoms with van der Waals surface area (Å²) in [6, 6.07) is 0. The fourth-order valence-corrected chi connectivity index (χ4v) is 0.744. The molecule has 0 aliphatic carbocycles. The van der Waals surface area contributed by atoms with E-state index in [4.69, 9.17) is 5.11 Å². The number of carboxylic acid groups (broad SMARTS) is 1. The van der Waals surface area contributed by atoms with Crippen molar-refractivity contribution in [3.8, 4) is 0 Å². The minimum atomic E-state index is -0.784. The van der Waals surface area contributed by atoms with Crippen LogP contribution in [0.4, 0.5) is 0 Å². The Morgan fingerprint density at radius 3 is 2.58 bits per heavy atom. The van der Waals surface area contributed by atoms with E-state index in [1.54, 1.807) is 12.2 Å². The minimum Gasteiger partial charge on any atom is -0.481 e. The molecule has 0 atom stereocenters. The quantitative estimate of drug-likeness (QED) is 0.489. The molecule has 0 saturated carbocycles. The topological polar surface area (TPSA) is 37.3 Å². The highest BCUT2D eigenvalue weighted by Crippen LogP contribution is 1.95. The second-order valence-electron chi connectivity index (χ2n) is 2.60. The molecule has 0 aromatic rings. The summed E-state index contributed by atoms with van der Waals surface area (Å²) in [6.45, 7) is 2.15. The first-order valence-corrected chi connectivity index (χ1v) is 4.30. The van der Waals surface area contributed by atoms with Gasteiger partial charge in [-0.2, -0.15) is 0 Å². The Labute approximate surface area is 73.6 Å². The predicted octanol–water partition coefficient (Wildman–Crippen LogP) is 2.76. The summed E-state index contributed by atoms with van der Waals surface area (Å²) in [5, 5.41) is 8.28. The molecule has 0 radical (unpaired) electrons. The lowest BCUT2D eigenvalue weighted by Crippen LogP contribution is -1.89. The lowest BCUT2D eigenvalue weighted by Gasteiger charge is -1.85. The monoisotopic (exact) mass is 168 g/mol. The van der Waals surface area contributed by atoms with E-state index in [1.807, 2.05) is 6.08 Å². The van der Waals surface area contributed by atoms with Crippen LogP contribution in [0.2, 0.25) is 0 Å². The molecule has 0 aromatic heterocycles. The number of aliphatic carboxylic acids is 1. The van der Waals surface area contributed by atoms with E-state index in [-0.39, 0.29) is 6.42 Å². The molecule has 0 heterocycles. The van der Waals surface area contributed by atoms with Gasteiger partial charge in [0, 0.05) is 0 Å². The second kappa shape index (κ2) is 8.05. The maximum atomic E-state index is 10.1. The summed E-state index contributed by atoms with van der Waals surface area (Å²) >= 11 is 0. The van der Waals surface area contributed by atoms with Gasteiger partial charge in [0.25, 0.3) is 0 Å². The van der Waals surface area contributed by atoms with Gasteiger partial charge in [-0.1, -0.05) is 44.1 Å². The Morgan fingerprint density at radius 2 is 2.00 bits per heavy atom. The van der Waals surface area contributed by atoms with Crippen LogP contribution < -0.4 is 0 Å². The molecular formula is C10H16O2. The lowest BCUT2D eigenvalue weighted by molar-refractivity contribution is -0.135. The third-order valence-corrected chi connectivity index (χ3v) is 1.40. The van der Waals surface area contributed by atoms with Gasteiger partial charge in [-0.25, -0.2) is 0 Å². The first-order valence-electron chi connectivity index (χ1n) is 4.30. The molecular weight excluding hydrogens is 152 g/mol. The highest BCUT2D eigenvalue weighted by molar-refractivity contribution is 5.68. The summed E-state index contributed by atoms with van der Waals surface area (Å²) in [6.07, 6.45) is 11.0.